The first-order valence-corrected chi connectivity index (χ1v) is 8.87. The third-order valence-corrected chi connectivity index (χ3v) is 8.41. The van der Waals surface area contributed by atoms with Crippen molar-refractivity contribution >= 4 is 11.6 Å². The Bertz CT molecular complexity index is 520. The topological polar surface area (TPSA) is 34.1 Å². The Morgan fingerprint density at radius 1 is 1.00 bits per heavy atom. The average molecular weight is 288 g/mol. The smallest absolute Gasteiger partial charge is 0.138 e. The fraction of sp³-hybridized carbons (Fsp3) is 0.895. The molecule has 4 fully saturated rings. The van der Waals surface area contributed by atoms with Crippen molar-refractivity contribution in [2.45, 2.75) is 72.1 Å². The van der Waals surface area contributed by atoms with Gasteiger partial charge in [0.25, 0.3) is 0 Å². The summed E-state index contributed by atoms with van der Waals surface area (Å²) < 4.78 is 0. The Morgan fingerprint density at radius 3 is 2.52 bits per heavy atom. The fourth-order valence-electron chi connectivity index (χ4n) is 7.24. The van der Waals surface area contributed by atoms with Crippen molar-refractivity contribution in [2.75, 3.05) is 0 Å². The zero-order valence-electron chi connectivity index (χ0n) is 13.7. The number of carbonyl (C=O) groups excluding carboxylic acids is 2. The van der Waals surface area contributed by atoms with Gasteiger partial charge in [-0.3, -0.25) is 9.59 Å². The number of hydrogen-bond acceptors (Lipinski definition) is 2. The van der Waals surface area contributed by atoms with Gasteiger partial charge < -0.3 is 0 Å². The summed E-state index contributed by atoms with van der Waals surface area (Å²) in [4.78, 5) is 24.7. The van der Waals surface area contributed by atoms with Crippen LogP contribution in [0.15, 0.2) is 0 Å². The summed E-state index contributed by atoms with van der Waals surface area (Å²) in [6, 6.07) is 0. The van der Waals surface area contributed by atoms with Crippen LogP contribution in [0, 0.1) is 34.0 Å². The molecule has 116 valence electrons. The summed E-state index contributed by atoms with van der Waals surface area (Å²) in [5.41, 5.74) is 0.488. The maximum absolute atomic E-state index is 12.5. The fourth-order valence-corrected chi connectivity index (χ4v) is 7.24. The minimum Gasteiger partial charge on any atom is -0.299 e. The second-order valence-corrected chi connectivity index (χ2v) is 9.15. The lowest BCUT2D eigenvalue weighted by Gasteiger charge is -2.64. The standard InChI is InChI=1S/C19H28O2/c1-17(2)15-5-4-13-10-12-11-19(13,9-6-14(12)20)18(15,3)8-7-16(17)21/h12-13,15H,4-11H2,1-3H3/t12-,13+,15?,18+,19-/m1/s1. The zero-order chi connectivity index (χ0) is 15.0. The molecule has 2 bridgehead atoms. The third kappa shape index (κ3) is 1.50. The molecule has 0 N–H and O–H groups in total. The number of rotatable bonds is 0. The van der Waals surface area contributed by atoms with Gasteiger partial charge in [-0.2, -0.15) is 0 Å². The summed E-state index contributed by atoms with van der Waals surface area (Å²) in [7, 11) is 0. The second-order valence-electron chi connectivity index (χ2n) is 9.15. The molecule has 2 nitrogen and oxygen atoms in total. The van der Waals surface area contributed by atoms with Gasteiger partial charge >= 0.3 is 0 Å². The number of Topliss-reactive ketones (excluding diaryl/α,β-unsaturated/α-hetero) is 2. The van der Waals surface area contributed by atoms with Crippen LogP contribution in [-0.4, -0.2) is 11.6 Å². The van der Waals surface area contributed by atoms with Crippen LogP contribution in [0.4, 0.5) is 0 Å². The monoisotopic (exact) mass is 288 g/mol. The van der Waals surface area contributed by atoms with E-state index in [0.29, 0.717) is 28.8 Å². The average Bonchev–Trinajstić information content (AvgIpc) is 2.76. The van der Waals surface area contributed by atoms with Crippen LogP contribution in [0.25, 0.3) is 0 Å². The molecule has 4 aliphatic rings. The third-order valence-electron chi connectivity index (χ3n) is 8.41. The van der Waals surface area contributed by atoms with Gasteiger partial charge in [0.1, 0.15) is 11.6 Å². The Morgan fingerprint density at radius 2 is 1.76 bits per heavy atom. The highest BCUT2D eigenvalue weighted by Crippen LogP contribution is 2.73. The Hall–Kier alpha value is -0.660. The van der Waals surface area contributed by atoms with Crippen LogP contribution >= 0.6 is 0 Å². The Balaban J connectivity index is 1.80. The van der Waals surface area contributed by atoms with E-state index in [2.05, 4.69) is 20.8 Å². The zero-order valence-corrected chi connectivity index (χ0v) is 13.7. The van der Waals surface area contributed by atoms with Crippen LogP contribution < -0.4 is 0 Å². The SMILES string of the molecule is CC1(C)C(=O)CC[C@@]2(C)C1CC[C@H]1C[C@@H]3C[C@]12CCC3=O. The lowest BCUT2D eigenvalue weighted by atomic mass is 9.40. The molecule has 0 aromatic heterocycles. The van der Waals surface area contributed by atoms with Crippen molar-refractivity contribution in [2.24, 2.45) is 34.0 Å². The molecule has 4 aliphatic carbocycles. The molecule has 0 amide bonds. The van der Waals surface area contributed by atoms with E-state index in [1.807, 2.05) is 0 Å². The molecule has 5 atom stereocenters. The molecule has 4 rings (SSSR count). The van der Waals surface area contributed by atoms with Crippen LogP contribution in [-0.2, 0) is 9.59 Å². The minimum absolute atomic E-state index is 0.160. The maximum Gasteiger partial charge on any atom is 0.138 e. The molecule has 4 saturated carbocycles. The quantitative estimate of drug-likeness (QED) is 0.670. The normalized spacial score (nSPS) is 51.5. The summed E-state index contributed by atoms with van der Waals surface area (Å²) in [5, 5.41) is 0. The molecule has 0 aliphatic heterocycles. The van der Waals surface area contributed by atoms with Gasteiger partial charge in [0, 0.05) is 24.2 Å². The summed E-state index contributed by atoms with van der Waals surface area (Å²) >= 11 is 0. The summed E-state index contributed by atoms with van der Waals surface area (Å²) in [6.07, 6.45) is 8.46. The van der Waals surface area contributed by atoms with E-state index >= 15 is 0 Å². The van der Waals surface area contributed by atoms with E-state index in [1.54, 1.807) is 0 Å². The lowest BCUT2D eigenvalue weighted by molar-refractivity contribution is -0.172. The van der Waals surface area contributed by atoms with Crippen LogP contribution in [0.1, 0.15) is 72.1 Å². The molecule has 1 spiro atoms. The Labute approximate surface area is 128 Å². The first-order chi connectivity index (χ1) is 9.81. The molecule has 0 aromatic rings. The first-order valence-electron chi connectivity index (χ1n) is 8.87. The highest BCUT2D eigenvalue weighted by molar-refractivity contribution is 5.86. The molecule has 0 heterocycles. The van der Waals surface area contributed by atoms with E-state index in [1.165, 1.54) is 12.8 Å². The highest BCUT2D eigenvalue weighted by atomic mass is 16.1. The van der Waals surface area contributed by atoms with E-state index in [-0.39, 0.29) is 10.8 Å². The van der Waals surface area contributed by atoms with Crippen LogP contribution in [0.5, 0.6) is 0 Å². The molecule has 2 heteroatoms. The van der Waals surface area contributed by atoms with Crippen LogP contribution in [0.2, 0.25) is 0 Å². The van der Waals surface area contributed by atoms with Crippen molar-refractivity contribution in [1.82, 2.24) is 0 Å². The second kappa shape index (κ2) is 4.00. The van der Waals surface area contributed by atoms with Crippen molar-refractivity contribution in [1.29, 1.82) is 0 Å². The number of ketones is 2. The molecule has 0 aromatic carbocycles. The van der Waals surface area contributed by atoms with E-state index < -0.39 is 0 Å². The van der Waals surface area contributed by atoms with Gasteiger partial charge in [-0.05, 0) is 61.2 Å². The number of hydrogen-bond donors (Lipinski definition) is 0. The van der Waals surface area contributed by atoms with Crippen molar-refractivity contribution < 1.29 is 9.59 Å². The van der Waals surface area contributed by atoms with E-state index in [0.717, 1.165) is 44.4 Å². The van der Waals surface area contributed by atoms with Gasteiger partial charge in [-0.1, -0.05) is 20.8 Å². The van der Waals surface area contributed by atoms with Crippen LogP contribution in [0.3, 0.4) is 0 Å². The lowest BCUT2D eigenvalue weighted by Crippen LogP contribution is -2.59. The largest absolute Gasteiger partial charge is 0.299 e. The molecule has 21 heavy (non-hydrogen) atoms. The number of carbonyl (C=O) groups is 2. The molecule has 1 unspecified atom stereocenters. The molecular formula is C19H28O2. The molecule has 0 radical (unpaired) electrons. The predicted octanol–water partition coefficient (Wildman–Crippen LogP) is 4.17. The van der Waals surface area contributed by atoms with Gasteiger partial charge in [-0.25, -0.2) is 0 Å². The molecular weight excluding hydrogens is 260 g/mol. The van der Waals surface area contributed by atoms with Crippen molar-refractivity contribution in [3.8, 4) is 0 Å². The first kappa shape index (κ1) is 14.0. The van der Waals surface area contributed by atoms with Gasteiger partial charge in [0.15, 0.2) is 0 Å². The minimum atomic E-state index is -0.160. The Kier molecular flexibility index (Phi) is 2.66. The van der Waals surface area contributed by atoms with E-state index in [4.69, 9.17) is 0 Å². The maximum atomic E-state index is 12.5. The van der Waals surface area contributed by atoms with Gasteiger partial charge in [0.2, 0.25) is 0 Å². The predicted molar refractivity (Wildman–Crippen MR) is 81.7 cm³/mol. The van der Waals surface area contributed by atoms with Gasteiger partial charge in [0.05, 0.1) is 0 Å². The van der Waals surface area contributed by atoms with Crippen molar-refractivity contribution in [3.63, 3.8) is 0 Å². The summed E-state index contributed by atoms with van der Waals surface area (Å²) in [6.45, 7) is 6.86. The van der Waals surface area contributed by atoms with E-state index in [9.17, 15) is 9.59 Å². The highest BCUT2D eigenvalue weighted by Gasteiger charge is 2.68. The molecule has 0 saturated heterocycles. The number of fused-ring (bicyclic) bond motifs is 2. The summed E-state index contributed by atoms with van der Waals surface area (Å²) in [5.74, 6) is 2.62. The van der Waals surface area contributed by atoms with Gasteiger partial charge in [-0.15, -0.1) is 0 Å². The van der Waals surface area contributed by atoms with Crippen molar-refractivity contribution in [3.05, 3.63) is 0 Å².